The molecule has 0 saturated heterocycles. The molecule has 0 saturated carbocycles. The lowest BCUT2D eigenvalue weighted by atomic mass is 9.75. The van der Waals surface area contributed by atoms with Gasteiger partial charge in [-0.25, -0.2) is 0 Å². The third kappa shape index (κ3) is 3.34. The summed E-state index contributed by atoms with van der Waals surface area (Å²) in [5.41, 5.74) is 2.24. The second kappa shape index (κ2) is 7.28. The Bertz CT molecular complexity index is 823. The number of aliphatic imine (C=N–C) groups is 1. The molecular formula is C23H25N3. The summed E-state index contributed by atoms with van der Waals surface area (Å²) in [5, 5.41) is 3.73. The summed E-state index contributed by atoms with van der Waals surface area (Å²) in [4.78, 5) is 9.65. The Labute approximate surface area is 155 Å². The molecule has 0 radical (unpaired) electrons. The molecule has 2 aliphatic rings. The second-order valence-corrected chi connectivity index (χ2v) is 7.25. The number of benzene rings is 1. The zero-order valence-electron chi connectivity index (χ0n) is 15.2. The molecular weight excluding hydrogens is 318 g/mol. The summed E-state index contributed by atoms with van der Waals surface area (Å²) in [7, 11) is 0. The molecule has 3 atom stereocenters. The lowest BCUT2D eigenvalue weighted by Gasteiger charge is -2.35. The normalized spacial score (nSPS) is 27.2. The van der Waals surface area contributed by atoms with Crippen molar-refractivity contribution in [3.63, 3.8) is 0 Å². The maximum atomic E-state index is 5.21. The number of rotatable bonds is 5. The fraction of sp³-hybridized carbons (Fsp3) is 0.304. The number of aryl methyl sites for hydroxylation is 1. The lowest BCUT2D eigenvalue weighted by Crippen LogP contribution is -2.40. The number of nitrogens with zero attached hydrogens (tertiary/aromatic N) is 2. The van der Waals surface area contributed by atoms with Crippen LogP contribution >= 0.6 is 0 Å². The van der Waals surface area contributed by atoms with Gasteiger partial charge in [0.2, 0.25) is 0 Å². The molecule has 1 unspecified atom stereocenters. The van der Waals surface area contributed by atoms with Crippen molar-refractivity contribution >= 4 is 5.84 Å². The number of aromatic nitrogens is 1. The summed E-state index contributed by atoms with van der Waals surface area (Å²) >= 11 is 0. The van der Waals surface area contributed by atoms with Crippen LogP contribution in [-0.4, -0.2) is 16.4 Å². The average Bonchev–Trinajstić information content (AvgIpc) is 3.06. The van der Waals surface area contributed by atoms with Gasteiger partial charge in [0.1, 0.15) is 0 Å². The van der Waals surface area contributed by atoms with Crippen molar-refractivity contribution in [1.29, 1.82) is 0 Å². The van der Waals surface area contributed by atoms with Crippen molar-refractivity contribution in [2.75, 3.05) is 0 Å². The SMILES string of the molecule is C[C@@]1(C2C=CC=CC2)N=C(CCc2ccccn2)N[C@@H]1c1ccccc1. The predicted octanol–water partition coefficient (Wildman–Crippen LogP) is 4.65. The smallest absolute Gasteiger partial charge is 0.0980 e. The quantitative estimate of drug-likeness (QED) is 0.858. The van der Waals surface area contributed by atoms with Gasteiger partial charge >= 0.3 is 0 Å². The average molecular weight is 343 g/mol. The van der Waals surface area contributed by atoms with Crippen LogP contribution < -0.4 is 5.32 Å². The Morgan fingerprint density at radius 3 is 2.62 bits per heavy atom. The molecule has 2 heterocycles. The van der Waals surface area contributed by atoms with Crippen molar-refractivity contribution in [2.24, 2.45) is 10.9 Å². The molecule has 1 aromatic carbocycles. The summed E-state index contributed by atoms with van der Waals surface area (Å²) in [5.74, 6) is 1.49. The Hall–Kier alpha value is -2.68. The highest BCUT2D eigenvalue weighted by molar-refractivity contribution is 5.85. The first-order chi connectivity index (χ1) is 12.8. The topological polar surface area (TPSA) is 37.3 Å². The van der Waals surface area contributed by atoms with E-state index in [4.69, 9.17) is 4.99 Å². The zero-order chi connectivity index (χ0) is 17.8. The Balaban J connectivity index is 1.59. The molecule has 132 valence electrons. The maximum Gasteiger partial charge on any atom is 0.0980 e. The first kappa shape index (κ1) is 16.8. The molecule has 26 heavy (non-hydrogen) atoms. The van der Waals surface area contributed by atoms with Crippen molar-refractivity contribution in [3.8, 4) is 0 Å². The number of amidine groups is 1. The Morgan fingerprint density at radius 2 is 1.88 bits per heavy atom. The molecule has 0 spiro atoms. The fourth-order valence-corrected chi connectivity index (χ4v) is 4.00. The maximum absolute atomic E-state index is 5.21. The van der Waals surface area contributed by atoms with Crippen LogP contribution in [0.2, 0.25) is 0 Å². The molecule has 2 aromatic rings. The van der Waals surface area contributed by atoms with Crippen LogP contribution in [0.1, 0.15) is 37.1 Å². The van der Waals surface area contributed by atoms with E-state index >= 15 is 0 Å². The van der Waals surface area contributed by atoms with Gasteiger partial charge in [-0.3, -0.25) is 9.98 Å². The molecule has 1 aliphatic heterocycles. The second-order valence-electron chi connectivity index (χ2n) is 7.25. The third-order valence-electron chi connectivity index (χ3n) is 5.48. The zero-order valence-corrected chi connectivity index (χ0v) is 15.2. The van der Waals surface area contributed by atoms with Gasteiger partial charge in [-0.1, -0.05) is 60.7 Å². The van der Waals surface area contributed by atoms with Gasteiger partial charge in [0.25, 0.3) is 0 Å². The summed E-state index contributed by atoms with van der Waals surface area (Å²) in [6, 6.07) is 17.0. The van der Waals surface area contributed by atoms with Crippen LogP contribution in [0, 0.1) is 5.92 Å². The van der Waals surface area contributed by atoms with E-state index in [-0.39, 0.29) is 11.6 Å². The first-order valence-corrected chi connectivity index (χ1v) is 9.39. The molecule has 0 fully saturated rings. The Kier molecular flexibility index (Phi) is 4.70. The fourth-order valence-electron chi connectivity index (χ4n) is 4.00. The molecule has 1 aliphatic carbocycles. The molecule has 0 amide bonds. The number of pyridine rings is 1. The van der Waals surface area contributed by atoms with Crippen molar-refractivity contribution in [2.45, 2.75) is 37.8 Å². The summed E-state index contributed by atoms with van der Waals surface area (Å²) in [6.45, 7) is 2.29. The van der Waals surface area contributed by atoms with E-state index in [2.05, 4.69) is 77.9 Å². The van der Waals surface area contributed by atoms with Crippen LogP contribution in [-0.2, 0) is 6.42 Å². The highest BCUT2D eigenvalue weighted by Crippen LogP contribution is 2.42. The number of nitrogens with one attached hydrogen (secondary N) is 1. The highest BCUT2D eigenvalue weighted by atomic mass is 15.2. The van der Waals surface area contributed by atoms with E-state index < -0.39 is 0 Å². The van der Waals surface area contributed by atoms with Crippen molar-refractivity contribution in [1.82, 2.24) is 10.3 Å². The van der Waals surface area contributed by atoms with Gasteiger partial charge in [-0.2, -0.15) is 0 Å². The van der Waals surface area contributed by atoms with Gasteiger partial charge in [-0.15, -0.1) is 0 Å². The monoisotopic (exact) mass is 343 g/mol. The molecule has 3 heteroatoms. The minimum atomic E-state index is -0.179. The molecule has 0 bridgehead atoms. The van der Waals surface area contributed by atoms with E-state index in [1.807, 2.05) is 18.3 Å². The number of hydrogen-bond donors (Lipinski definition) is 1. The summed E-state index contributed by atoms with van der Waals surface area (Å²) in [6.07, 6.45) is 13.5. The molecule has 4 rings (SSSR count). The number of hydrogen-bond acceptors (Lipinski definition) is 3. The Morgan fingerprint density at radius 1 is 1.04 bits per heavy atom. The van der Waals surface area contributed by atoms with Gasteiger partial charge in [-0.05, 0) is 37.5 Å². The molecule has 1 aromatic heterocycles. The minimum absolute atomic E-state index is 0.179. The van der Waals surface area contributed by atoms with E-state index in [1.54, 1.807) is 0 Å². The molecule has 3 nitrogen and oxygen atoms in total. The van der Waals surface area contributed by atoms with E-state index in [1.165, 1.54) is 5.56 Å². The van der Waals surface area contributed by atoms with Gasteiger partial charge < -0.3 is 5.32 Å². The van der Waals surface area contributed by atoms with Crippen LogP contribution in [0.15, 0.2) is 84.0 Å². The standard InChI is InChI=1S/C23H25N3/c1-23(19-12-6-3-7-13-19)22(18-10-4-2-5-11-18)25-21(26-23)16-15-20-14-8-9-17-24-20/h2-12,14,17,19,22H,13,15-16H2,1H3,(H,25,26)/t19?,22-,23+/m1/s1. The van der Waals surface area contributed by atoms with Crippen LogP contribution in [0.25, 0.3) is 0 Å². The van der Waals surface area contributed by atoms with Crippen LogP contribution in [0.3, 0.4) is 0 Å². The van der Waals surface area contributed by atoms with Crippen molar-refractivity contribution < 1.29 is 0 Å². The van der Waals surface area contributed by atoms with Crippen molar-refractivity contribution in [3.05, 3.63) is 90.3 Å². The third-order valence-corrected chi connectivity index (χ3v) is 5.48. The largest absolute Gasteiger partial charge is 0.365 e. The number of allylic oxidation sites excluding steroid dienone is 3. The molecule has 1 N–H and O–H groups in total. The minimum Gasteiger partial charge on any atom is -0.365 e. The van der Waals surface area contributed by atoms with Gasteiger partial charge in [0, 0.05) is 24.2 Å². The first-order valence-electron chi connectivity index (χ1n) is 9.39. The van der Waals surface area contributed by atoms with Gasteiger partial charge in [0.05, 0.1) is 17.4 Å². The van der Waals surface area contributed by atoms with Crippen LogP contribution in [0.4, 0.5) is 0 Å². The lowest BCUT2D eigenvalue weighted by molar-refractivity contribution is 0.299. The van der Waals surface area contributed by atoms with Crippen LogP contribution in [0.5, 0.6) is 0 Å². The van der Waals surface area contributed by atoms with E-state index in [0.29, 0.717) is 5.92 Å². The van der Waals surface area contributed by atoms with E-state index in [9.17, 15) is 0 Å². The summed E-state index contributed by atoms with van der Waals surface area (Å²) < 4.78 is 0. The van der Waals surface area contributed by atoms with E-state index in [0.717, 1.165) is 30.8 Å². The highest BCUT2D eigenvalue weighted by Gasteiger charge is 2.45. The predicted molar refractivity (Wildman–Crippen MR) is 107 cm³/mol. The van der Waals surface area contributed by atoms with Gasteiger partial charge in [0.15, 0.2) is 0 Å².